The molecule has 2 aliphatic heterocycles. The normalized spacial score (nSPS) is 15.3. The van der Waals surface area contributed by atoms with Crippen molar-refractivity contribution in [3.05, 3.63) is 202 Å². The van der Waals surface area contributed by atoms with Crippen LogP contribution in [0, 0.1) is 46.5 Å². The molecule has 12 nitrogen and oxygen atoms in total. The molecule has 28 heteroatoms. The number of nitrogens with zero attached hydrogens (tertiary/aromatic N) is 4. The second-order valence-corrected chi connectivity index (χ2v) is 21.2. The summed E-state index contributed by atoms with van der Waals surface area (Å²) in [5, 5.41) is -3.87. The van der Waals surface area contributed by atoms with Gasteiger partial charge in [-0.3, -0.25) is 48.3 Å². The molecular formula is C53H12Cl8F8N4O8. The molecule has 0 bridgehead atoms. The number of aromatic nitrogens is 2. The molecule has 0 saturated carbocycles. The largest absolute Gasteiger partial charge is 0.293 e. The average molecular weight is 1270 g/mol. The van der Waals surface area contributed by atoms with Crippen molar-refractivity contribution in [2.75, 3.05) is 9.80 Å². The summed E-state index contributed by atoms with van der Waals surface area (Å²) >= 11 is 50.2. The number of amides is 4. The molecule has 4 amide bonds. The summed E-state index contributed by atoms with van der Waals surface area (Å²) in [6, 6.07) is 8.69. The van der Waals surface area contributed by atoms with Crippen molar-refractivity contribution in [1.29, 1.82) is 0 Å². The standard InChI is InChI=1S/C53H12Cl8F8N4O8/c54-28-20-21(29(55)33(59)32(28)58)47(75)18(46(20)74)16-7-3-12-14(70-16)5-1-10(44(12)72-50(78)24-25(51(72)79)37(63)41(67)40(66)36(24)62)9-11-2-6-15-13(45(11)73-52(80)26-27(53(73)81)39(65)43(69)42(68)38(26)64)4-8-17(71-15)19-48(76)22-23(49(19)77)31(57)35(61)34(60)30(22)56/h1-8,18-19H,9H2. The number of pyridine rings is 2. The van der Waals surface area contributed by atoms with Crippen LogP contribution in [-0.2, 0) is 6.42 Å². The number of anilines is 2. The first-order chi connectivity index (χ1) is 38.2. The molecule has 0 spiro atoms. The Labute approximate surface area is 483 Å². The van der Waals surface area contributed by atoms with Crippen molar-refractivity contribution in [1.82, 2.24) is 9.97 Å². The third-order valence-corrected chi connectivity index (χ3v) is 17.7. The minimum atomic E-state index is -2.48. The van der Waals surface area contributed by atoms with Gasteiger partial charge >= 0.3 is 0 Å². The number of carbonyl (C=O) groups excluding carboxylic acids is 8. The Kier molecular flexibility index (Phi) is 12.6. The second-order valence-electron chi connectivity index (χ2n) is 18.2. The number of imide groups is 2. The molecule has 404 valence electrons. The first-order valence-electron chi connectivity index (χ1n) is 22.5. The zero-order valence-electron chi connectivity index (χ0n) is 38.6. The fourth-order valence-electron chi connectivity index (χ4n) is 10.5. The van der Waals surface area contributed by atoms with E-state index >= 15 is 17.6 Å². The molecule has 8 aromatic rings. The van der Waals surface area contributed by atoms with Crippen LogP contribution in [0.2, 0.25) is 40.2 Å². The van der Waals surface area contributed by atoms with E-state index in [4.69, 9.17) is 92.8 Å². The predicted octanol–water partition coefficient (Wildman–Crippen LogP) is 14.6. The Morgan fingerprint density at radius 1 is 0.333 bits per heavy atom. The first kappa shape index (κ1) is 54.4. The van der Waals surface area contributed by atoms with Crippen LogP contribution in [-0.4, -0.2) is 56.7 Å². The van der Waals surface area contributed by atoms with Crippen LogP contribution >= 0.6 is 92.8 Å². The summed E-state index contributed by atoms with van der Waals surface area (Å²) in [5.74, 6) is -33.7. The Morgan fingerprint density at radius 3 is 0.852 bits per heavy atom. The van der Waals surface area contributed by atoms with E-state index in [1.807, 2.05) is 0 Å². The lowest BCUT2D eigenvalue weighted by molar-refractivity contribution is 0.0872. The van der Waals surface area contributed by atoms with Gasteiger partial charge in [0.15, 0.2) is 69.7 Å². The summed E-state index contributed by atoms with van der Waals surface area (Å²) in [4.78, 5) is 122. The van der Waals surface area contributed by atoms with Gasteiger partial charge in [0.05, 0.1) is 118 Å². The van der Waals surface area contributed by atoms with Crippen LogP contribution < -0.4 is 9.80 Å². The fraction of sp³-hybridized carbons (Fsp3) is 0.0566. The highest BCUT2D eigenvalue weighted by molar-refractivity contribution is 6.57. The van der Waals surface area contributed by atoms with Gasteiger partial charge in [0, 0.05) is 17.2 Å². The fourth-order valence-corrected chi connectivity index (χ4v) is 12.6. The monoisotopic (exact) mass is 1260 g/mol. The molecule has 6 aromatic carbocycles. The summed E-state index contributed by atoms with van der Waals surface area (Å²) in [6.07, 6.45) is -0.830. The van der Waals surface area contributed by atoms with Crippen molar-refractivity contribution < 1.29 is 73.5 Å². The third-order valence-electron chi connectivity index (χ3n) is 14.1. The number of benzene rings is 6. The minimum Gasteiger partial charge on any atom is -0.293 e. The van der Waals surface area contributed by atoms with Gasteiger partial charge in [0.1, 0.15) is 11.8 Å². The number of fused-ring (bicyclic) bond motifs is 6. The van der Waals surface area contributed by atoms with Gasteiger partial charge in [-0.05, 0) is 47.5 Å². The maximum atomic E-state index is 15.6. The SMILES string of the molecule is O=C1c2c(Cl)c(Cl)c(Cl)c(Cl)c2C(=O)C1c1ccc2c(N3C(=O)c4c(F)c(F)c(F)c(F)c4C3=O)c(Cc3ccc4nc(C5C(=O)c6c(Cl)c(Cl)c(Cl)c(Cl)c6C5=O)ccc4c3N3C(=O)c4c(F)c(F)c(F)c(F)c4C3=O)ccc2n1. The molecule has 2 aromatic heterocycles. The van der Waals surface area contributed by atoms with Crippen LogP contribution in [0.15, 0.2) is 48.5 Å². The molecule has 0 unspecified atom stereocenters. The molecule has 4 heterocycles. The van der Waals surface area contributed by atoms with Crippen LogP contribution in [0.3, 0.4) is 0 Å². The van der Waals surface area contributed by atoms with E-state index in [9.17, 15) is 55.9 Å². The number of hydrogen-bond acceptors (Lipinski definition) is 10. The quantitative estimate of drug-likeness (QED) is 0.0513. The maximum absolute atomic E-state index is 15.6. The zero-order chi connectivity index (χ0) is 58.3. The van der Waals surface area contributed by atoms with Crippen LogP contribution in [0.4, 0.5) is 46.5 Å². The lowest BCUT2D eigenvalue weighted by atomic mass is 9.94. The molecule has 12 rings (SSSR count). The highest BCUT2D eigenvalue weighted by Gasteiger charge is 2.50. The molecule has 0 atom stereocenters. The zero-order valence-corrected chi connectivity index (χ0v) is 44.6. The van der Waals surface area contributed by atoms with Crippen molar-refractivity contribution >= 4 is 173 Å². The van der Waals surface area contributed by atoms with Crippen molar-refractivity contribution in [2.24, 2.45) is 0 Å². The molecule has 0 saturated heterocycles. The summed E-state index contributed by atoms with van der Waals surface area (Å²) in [6.45, 7) is 0. The maximum Gasteiger partial charge on any atom is 0.269 e. The highest BCUT2D eigenvalue weighted by Crippen LogP contribution is 2.51. The summed E-state index contributed by atoms with van der Waals surface area (Å²) < 4.78 is 122. The predicted molar refractivity (Wildman–Crippen MR) is 277 cm³/mol. The van der Waals surface area contributed by atoms with Gasteiger partial charge in [-0.2, -0.15) is 0 Å². The van der Waals surface area contributed by atoms with Gasteiger partial charge in [0.2, 0.25) is 0 Å². The van der Waals surface area contributed by atoms with Crippen molar-refractivity contribution in [3.8, 4) is 0 Å². The summed E-state index contributed by atoms with van der Waals surface area (Å²) in [5.41, 5.74) is -11.3. The number of ketones is 4. The highest BCUT2D eigenvalue weighted by atomic mass is 35.5. The molecular weight excluding hydrogens is 1260 g/mol. The van der Waals surface area contributed by atoms with E-state index in [-0.39, 0.29) is 74.2 Å². The van der Waals surface area contributed by atoms with Gasteiger partial charge in [-0.1, -0.05) is 105 Å². The number of hydrogen-bond donors (Lipinski definition) is 0. The van der Waals surface area contributed by atoms with Crippen molar-refractivity contribution in [2.45, 2.75) is 18.3 Å². The minimum absolute atomic E-state index is 0.0966. The Morgan fingerprint density at radius 2 is 0.593 bits per heavy atom. The molecule has 0 N–H and O–H groups in total. The van der Waals surface area contributed by atoms with Crippen LogP contribution in [0.1, 0.15) is 117 Å². The number of carbonyl (C=O) groups is 8. The first-order valence-corrected chi connectivity index (χ1v) is 25.5. The molecule has 0 radical (unpaired) electrons. The van der Waals surface area contributed by atoms with Gasteiger partial charge in [-0.15, -0.1) is 0 Å². The summed E-state index contributed by atoms with van der Waals surface area (Å²) in [7, 11) is 0. The molecule has 4 aliphatic rings. The van der Waals surface area contributed by atoms with E-state index in [0.717, 1.165) is 48.5 Å². The molecule has 2 aliphatic carbocycles. The Bertz CT molecular complexity index is 4110. The van der Waals surface area contributed by atoms with E-state index in [1.165, 1.54) is 0 Å². The smallest absolute Gasteiger partial charge is 0.269 e. The van der Waals surface area contributed by atoms with Crippen LogP contribution in [0.25, 0.3) is 21.8 Å². The van der Waals surface area contributed by atoms with E-state index in [0.29, 0.717) is 0 Å². The van der Waals surface area contributed by atoms with E-state index in [2.05, 4.69) is 9.97 Å². The Hall–Kier alpha value is -7.14. The van der Waals surface area contributed by atoms with Gasteiger partial charge in [-0.25, -0.2) is 44.9 Å². The number of Topliss-reactive ketones (excluding diaryl/α,β-unsaturated/α-hetero) is 4. The lowest BCUT2D eigenvalue weighted by Gasteiger charge is -2.24. The number of halogens is 16. The number of rotatable bonds is 6. The topological polar surface area (TPSA) is 169 Å². The lowest BCUT2D eigenvalue weighted by Crippen LogP contribution is -2.32. The van der Waals surface area contributed by atoms with Crippen LogP contribution in [0.5, 0.6) is 0 Å². The van der Waals surface area contributed by atoms with Crippen molar-refractivity contribution in [3.63, 3.8) is 0 Å². The third kappa shape index (κ3) is 7.24. The molecule has 81 heavy (non-hydrogen) atoms. The van der Waals surface area contributed by atoms with E-state index < -0.39 is 188 Å². The average Bonchev–Trinajstić information content (AvgIpc) is 4.09. The Balaban J connectivity index is 1.06. The van der Waals surface area contributed by atoms with Gasteiger partial charge < -0.3 is 0 Å². The molecule has 0 fully saturated rings. The second kappa shape index (κ2) is 18.7. The van der Waals surface area contributed by atoms with E-state index in [1.54, 1.807) is 0 Å². The van der Waals surface area contributed by atoms with Gasteiger partial charge in [0.25, 0.3) is 23.6 Å².